The standard InChI is InChI=1S/C11H14N2O/c1-4-5-13(3)11-7-10(8-14)6-9(2)12-11/h1,6-7,14H,5,8H2,2-3H3. The Morgan fingerprint density at radius 2 is 2.29 bits per heavy atom. The predicted molar refractivity (Wildman–Crippen MR) is 57.0 cm³/mol. The zero-order chi connectivity index (χ0) is 10.6. The molecular weight excluding hydrogens is 176 g/mol. The molecule has 0 unspecified atom stereocenters. The second kappa shape index (κ2) is 4.64. The van der Waals surface area contributed by atoms with Crippen molar-refractivity contribution in [3.8, 4) is 12.3 Å². The minimum atomic E-state index is 0.0280. The van der Waals surface area contributed by atoms with Gasteiger partial charge in [-0.3, -0.25) is 0 Å². The van der Waals surface area contributed by atoms with Crippen LogP contribution in [0.15, 0.2) is 12.1 Å². The van der Waals surface area contributed by atoms with Crippen molar-refractivity contribution < 1.29 is 5.11 Å². The molecule has 14 heavy (non-hydrogen) atoms. The van der Waals surface area contributed by atoms with Crippen LogP contribution >= 0.6 is 0 Å². The maximum absolute atomic E-state index is 9.01. The number of nitrogens with zero attached hydrogens (tertiary/aromatic N) is 2. The lowest BCUT2D eigenvalue weighted by Crippen LogP contribution is -2.18. The summed E-state index contributed by atoms with van der Waals surface area (Å²) in [5, 5.41) is 9.01. The summed E-state index contributed by atoms with van der Waals surface area (Å²) < 4.78 is 0. The summed E-state index contributed by atoms with van der Waals surface area (Å²) in [7, 11) is 1.88. The first-order valence-electron chi connectivity index (χ1n) is 4.40. The van der Waals surface area contributed by atoms with E-state index in [4.69, 9.17) is 11.5 Å². The van der Waals surface area contributed by atoms with Gasteiger partial charge in [0.25, 0.3) is 0 Å². The quantitative estimate of drug-likeness (QED) is 0.721. The van der Waals surface area contributed by atoms with Gasteiger partial charge in [0.2, 0.25) is 0 Å². The summed E-state index contributed by atoms with van der Waals surface area (Å²) >= 11 is 0. The number of hydrogen-bond donors (Lipinski definition) is 1. The number of aromatic nitrogens is 1. The van der Waals surface area contributed by atoms with E-state index in [1.807, 2.05) is 31.0 Å². The highest BCUT2D eigenvalue weighted by molar-refractivity contribution is 5.42. The molecule has 0 bridgehead atoms. The third kappa shape index (κ3) is 2.48. The molecule has 74 valence electrons. The van der Waals surface area contributed by atoms with Crippen LogP contribution < -0.4 is 4.90 Å². The van der Waals surface area contributed by atoms with E-state index in [9.17, 15) is 0 Å². The van der Waals surface area contributed by atoms with Gasteiger partial charge >= 0.3 is 0 Å². The van der Waals surface area contributed by atoms with Crippen LogP contribution in [-0.2, 0) is 6.61 Å². The Kier molecular flexibility index (Phi) is 3.49. The fourth-order valence-electron chi connectivity index (χ4n) is 1.23. The summed E-state index contributed by atoms with van der Waals surface area (Å²) in [6, 6.07) is 3.69. The number of anilines is 1. The van der Waals surface area contributed by atoms with Crippen molar-refractivity contribution in [1.82, 2.24) is 4.98 Å². The number of aliphatic hydroxyl groups excluding tert-OH is 1. The SMILES string of the molecule is C#CCN(C)c1cc(CO)cc(C)n1. The van der Waals surface area contributed by atoms with E-state index >= 15 is 0 Å². The van der Waals surface area contributed by atoms with Crippen LogP contribution in [-0.4, -0.2) is 23.7 Å². The second-order valence-corrected chi connectivity index (χ2v) is 3.19. The molecule has 1 N–H and O–H groups in total. The van der Waals surface area contributed by atoms with Crippen LogP contribution in [0, 0.1) is 19.3 Å². The summed E-state index contributed by atoms with van der Waals surface area (Å²) in [5.74, 6) is 3.34. The average Bonchev–Trinajstić information content (AvgIpc) is 2.17. The van der Waals surface area contributed by atoms with Crippen molar-refractivity contribution >= 4 is 5.82 Å². The van der Waals surface area contributed by atoms with Crippen molar-refractivity contribution in [3.05, 3.63) is 23.4 Å². The lowest BCUT2D eigenvalue weighted by atomic mass is 10.2. The van der Waals surface area contributed by atoms with Crippen molar-refractivity contribution in [3.63, 3.8) is 0 Å². The van der Waals surface area contributed by atoms with E-state index in [0.717, 1.165) is 17.1 Å². The van der Waals surface area contributed by atoms with Crippen LogP contribution in [0.2, 0.25) is 0 Å². The summed E-state index contributed by atoms with van der Waals surface area (Å²) in [6.45, 7) is 2.44. The number of rotatable bonds is 3. The number of terminal acetylenes is 1. The van der Waals surface area contributed by atoms with Gasteiger partial charge in [0.15, 0.2) is 0 Å². The molecular formula is C11H14N2O. The maximum Gasteiger partial charge on any atom is 0.129 e. The van der Waals surface area contributed by atoms with Crippen LogP contribution in [0.1, 0.15) is 11.3 Å². The second-order valence-electron chi connectivity index (χ2n) is 3.19. The molecule has 0 aromatic carbocycles. The Morgan fingerprint density at radius 3 is 2.86 bits per heavy atom. The molecule has 0 fully saturated rings. The van der Waals surface area contributed by atoms with E-state index in [-0.39, 0.29) is 6.61 Å². The minimum Gasteiger partial charge on any atom is -0.392 e. The lowest BCUT2D eigenvalue weighted by molar-refractivity contribution is 0.281. The first kappa shape index (κ1) is 10.6. The Morgan fingerprint density at radius 1 is 1.57 bits per heavy atom. The molecule has 0 aliphatic carbocycles. The summed E-state index contributed by atoms with van der Waals surface area (Å²) in [4.78, 5) is 6.19. The Balaban J connectivity index is 2.97. The van der Waals surface area contributed by atoms with Crippen LogP contribution in [0.3, 0.4) is 0 Å². The van der Waals surface area contributed by atoms with E-state index in [2.05, 4.69) is 10.9 Å². The first-order valence-corrected chi connectivity index (χ1v) is 4.40. The molecule has 0 atom stereocenters. The third-order valence-corrected chi connectivity index (χ3v) is 1.90. The largest absolute Gasteiger partial charge is 0.392 e. The Hall–Kier alpha value is -1.53. The highest BCUT2D eigenvalue weighted by Crippen LogP contribution is 2.13. The van der Waals surface area contributed by atoms with E-state index < -0.39 is 0 Å². The van der Waals surface area contributed by atoms with E-state index in [0.29, 0.717) is 6.54 Å². The number of pyridine rings is 1. The Bertz CT molecular complexity index is 355. The number of hydrogen-bond acceptors (Lipinski definition) is 3. The van der Waals surface area contributed by atoms with Gasteiger partial charge in [-0.1, -0.05) is 5.92 Å². The molecule has 0 saturated carbocycles. The van der Waals surface area contributed by atoms with E-state index in [1.54, 1.807) is 0 Å². The van der Waals surface area contributed by atoms with Gasteiger partial charge in [-0.05, 0) is 24.6 Å². The zero-order valence-corrected chi connectivity index (χ0v) is 8.49. The smallest absolute Gasteiger partial charge is 0.129 e. The van der Waals surface area contributed by atoms with Crippen LogP contribution in [0.4, 0.5) is 5.82 Å². The van der Waals surface area contributed by atoms with Crippen LogP contribution in [0.5, 0.6) is 0 Å². The van der Waals surface area contributed by atoms with Gasteiger partial charge in [0.05, 0.1) is 13.2 Å². The molecule has 1 heterocycles. The zero-order valence-electron chi connectivity index (χ0n) is 8.49. The molecule has 0 saturated heterocycles. The summed E-state index contributed by atoms with van der Waals surface area (Å²) in [6.07, 6.45) is 5.21. The lowest BCUT2D eigenvalue weighted by Gasteiger charge is -2.16. The topological polar surface area (TPSA) is 36.4 Å². The Labute approximate surface area is 84.4 Å². The van der Waals surface area contributed by atoms with Crippen molar-refractivity contribution in [1.29, 1.82) is 0 Å². The minimum absolute atomic E-state index is 0.0280. The molecule has 1 aromatic rings. The van der Waals surface area contributed by atoms with Crippen molar-refractivity contribution in [2.75, 3.05) is 18.5 Å². The molecule has 1 aromatic heterocycles. The highest BCUT2D eigenvalue weighted by atomic mass is 16.3. The molecule has 0 spiro atoms. The van der Waals surface area contributed by atoms with Crippen molar-refractivity contribution in [2.45, 2.75) is 13.5 Å². The molecule has 0 aliphatic rings. The first-order chi connectivity index (χ1) is 6.67. The van der Waals surface area contributed by atoms with Gasteiger partial charge < -0.3 is 10.0 Å². The monoisotopic (exact) mass is 190 g/mol. The van der Waals surface area contributed by atoms with E-state index in [1.165, 1.54) is 0 Å². The van der Waals surface area contributed by atoms with Gasteiger partial charge in [0, 0.05) is 12.7 Å². The number of aliphatic hydroxyl groups is 1. The fraction of sp³-hybridized carbons (Fsp3) is 0.364. The fourth-order valence-corrected chi connectivity index (χ4v) is 1.23. The predicted octanol–water partition coefficient (Wildman–Crippen LogP) is 0.952. The van der Waals surface area contributed by atoms with Crippen LogP contribution in [0.25, 0.3) is 0 Å². The molecule has 0 amide bonds. The highest BCUT2D eigenvalue weighted by Gasteiger charge is 2.03. The maximum atomic E-state index is 9.01. The average molecular weight is 190 g/mol. The molecule has 3 heteroatoms. The van der Waals surface area contributed by atoms with Gasteiger partial charge in [0.1, 0.15) is 5.82 Å². The van der Waals surface area contributed by atoms with Gasteiger partial charge in [-0.15, -0.1) is 6.42 Å². The molecule has 0 radical (unpaired) electrons. The third-order valence-electron chi connectivity index (χ3n) is 1.90. The van der Waals surface area contributed by atoms with Gasteiger partial charge in [-0.2, -0.15) is 0 Å². The number of aryl methyl sites for hydroxylation is 1. The molecule has 3 nitrogen and oxygen atoms in total. The van der Waals surface area contributed by atoms with Crippen molar-refractivity contribution in [2.24, 2.45) is 0 Å². The van der Waals surface area contributed by atoms with Gasteiger partial charge in [-0.25, -0.2) is 4.98 Å². The summed E-state index contributed by atoms with van der Waals surface area (Å²) in [5.41, 5.74) is 1.74. The molecule has 0 aliphatic heterocycles. The molecule has 1 rings (SSSR count). The normalized spacial score (nSPS) is 9.57.